The standard InChI is InChI=1S/C19H29N3OS/c1-12-9-14(3)18(15(4)10-12)22-17(23)11-20-19(24)21-16-8-6-5-7-13(16)2/h9-10,13,16H,5-8,11H2,1-4H3,(H,22,23)(H2,20,21,24)/t13-,16-/m1/s1. The quantitative estimate of drug-likeness (QED) is 0.729. The van der Waals surface area contributed by atoms with Crippen LogP contribution in [0, 0.1) is 26.7 Å². The van der Waals surface area contributed by atoms with Crippen molar-refractivity contribution in [3.8, 4) is 0 Å². The summed E-state index contributed by atoms with van der Waals surface area (Å²) in [4.78, 5) is 12.2. The predicted molar refractivity (Wildman–Crippen MR) is 104 cm³/mol. The van der Waals surface area contributed by atoms with Gasteiger partial charge in [-0.25, -0.2) is 0 Å². The van der Waals surface area contributed by atoms with E-state index >= 15 is 0 Å². The van der Waals surface area contributed by atoms with Crippen molar-refractivity contribution in [2.45, 2.75) is 59.4 Å². The predicted octanol–water partition coefficient (Wildman–Crippen LogP) is 3.59. The summed E-state index contributed by atoms with van der Waals surface area (Å²) in [6, 6.07) is 4.57. The molecule has 0 heterocycles. The molecule has 1 aliphatic carbocycles. The van der Waals surface area contributed by atoms with E-state index in [1.165, 1.54) is 24.8 Å². The number of amides is 1. The van der Waals surface area contributed by atoms with Crippen molar-refractivity contribution in [3.05, 3.63) is 28.8 Å². The number of thiocarbonyl (C=S) groups is 1. The molecule has 0 saturated heterocycles. The largest absolute Gasteiger partial charge is 0.360 e. The van der Waals surface area contributed by atoms with Crippen LogP contribution in [-0.4, -0.2) is 23.6 Å². The minimum Gasteiger partial charge on any atom is -0.360 e. The van der Waals surface area contributed by atoms with Gasteiger partial charge in [0.2, 0.25) is 5.91 Å². The number of rotatable bonds is 4. The van der Waals surface area contributed by atoms with Crippen LogP contribution >= 0.6 is 12.2 Å². The van der Waals surface area contributed by atoms with Crippen molar-refractivity contribution in [1.82, 2.24) is 10.6 Å². The Bertz CT molecular complexity index is 592. The van der Waals surface area contributed by atoms with Gasteiger partial charge in [-0.1, -0.05) is 37.5 Å². The number of benzene rings is 1. The number of anilines is 1. The molecule has 0 radical (unpaired) electrons. The van der Waals surface area contributed by atoms with Gasteiger partial charge in [-0.05, 0) is 62.9 Å². The Hall–Kier alpha value is -1.62. The molecular formula is C19H29N3OS. The molecule has 2 rings (SSSR count). The lowest BCUT2D eigenvalue weighted by molar-refractivity contribution is -0.115. The molecule has 0 unspecified atom stereocenters. The lowest BCUT2D eigenvalue weighted by atomic mass is 9.86. The molecule has 3 N–H and O–H groups in total. The van der Waals surface area contributed by atoms with Crippen LogP contribution in [0.25, 0.3) is 0 Å². The molecule has 132 valence electrons. The van der Waals surface area contributed by atoms with Crippen molar-refractivity contribution in [2.75, 3.05) is 11.9 Å². The van der Waals surface area contributed by atoms with E-state index in [1.54, 1.807) is 0 Å². The first kappa shape index (κ1) is 18.7. The maximum absolute atomic E-state index is 12.2. The van der Waals surface area contributed by atoms with E-state index < -0.39 is 0 Å². The highest BCUT2D eigenvalue weighted by molar-refractivity contribution is 7.80. The summed E-state index contributed by atoms with van der Waals surface area (Å²) in [6.07, 6.45) is 4.94. The number of carbonyl (C=O) groups is 1. The molecule has 5 heteroatoms. The Morgan fingerprint density at radius 2 is 1.79 bits per heavy atom. The lowest BCUT2D eigenvalue weighted by Gasteiger charge is -2.30. The number of nitrogens with one attached hydrogen (secondary N) is 3. The van der Waals surface area contributed by atoms with Gasteiger partial charge in [0.25, 0.3) is 0 Å². The second-order valence-corrected chi connectivity index (χ2v) is 7.43. The van der Waals surface area contributed by atoms with Crippen LogP contribution in [0.15, 0.2) is 12.1 Å². The zero-order valence-electron chi connectivity index (χ0n) is 15.2. The fraction of sp³-hybridized carbons (Fsp3) is 0.579. The molecule has 1 aromatic rings. The molecule has 1 saturated carbocycles. The average Bonchev–Trinajstić information content (AvgIpc) is 2.51. The fourth-order valence-corrected chi connectivity index (χ4v) is 3.70. The van der Waals surface area contributed by atoms with E-state index in [9.17, 15) is 4.79 Å². The Balaban J connectivity index is 1.82. The lowest BCUT2D eigenvalue weighted by Crippen LogP contribution is -2.47. The van der Waals surface area contributed by atoms with Crippen molar-refractivity contribution in [2.24, 2.45) is 5.92 Å². The minimum absolute atomic E-state index is 0.0779. The highest BCUT2D eigenvalue weighted by Gasteiger charge is 2.21. The topological polar surface area (TPSA) is 53.2 Å². The summed E-state index contributed by atoms with van der Waals surface area (Å²) >= 11 is 5.34. The maximum atomic E-state index is 12.2. The molecule has 4 nitrogen and oxygen atoms in total. The third kappa shape index (κ3) is 5.20. The van der Waals surface area contributed by atoms with Crippen molar-refractivity contribution in [1.29, 1.82) is 0 Å². The van der Waals surface area contributed by atoms with E-state index in [4.69, 9.17) is 12.2 Å². The summed E-state index contributed by atoms with van der Waals surface area (Å²) < 4.78 is 0. The zero-order chi connectivity index (χ0) is 17.7. The van der Waals surface area contributed by atoms with Crippen LogP contribution in [0.5, 0.6) is 0 Å². The van der Waals surface area contributed by atoms with Gasteiger partial charge in [0.15, 0.2) is 5.11 Å². The third-order valence-corrected chi connectivity index (χ3v) is 5.04. The number of aryl methyl sites for hydroxylation is 3. The molecule has 1 amide bonds. The highest BCUT2D eigenvalue weighted by atomic mass is 32.1. The van der Waals surface area contributed by atoms with Crippen LogP contribution < -0.4 is 16.0 Å². The van der Waals surface area contributed by atoms with Gasteiger partial charge in [-0.2, -0.15) is 0 Å². The summed E-state index contributed by atoms with van der Waals surface area (Å²) in [5, 5.41) is 9.94. The van der Waals surface area contributed by atoms with Crippen molar-refractivity contribution < 1.29 is 4.79 Å². The van der Waals surface area contributed by atoms with Crippen LogP contribution in [0.3, 0.4) is 0 Å². The van der Waals surface area contributed by atoms with E-state index in [1.807, 2.05) is 13.8 Å². The molecule has 1 aliphatic rings. The first-order chi connectivity index (χ1) is 11.4. The van der Waals surface area contributed by atoms with Crippen LogP contribution in [0.4, 0.5) is 5.69 Å². The summed E-state index contributed by atoms with van der Waals surface area (Å²) in [7, 11) is 0. The van der Waals surface area contributed by atoms with Crippen molar-refractivity contribution in [3.63, 3.8) is 0 Å². The average molecular weight is 348 g/mol. The molecule has 0 bridgehead atoms. The molecule has 1 aromatic carbocycles. The molecule has 1 fully saturated rings. The van der Waals surface area contributed by atoms with E-state index in [0.717, 1.165) is 23.2 Å². The molecule has 0 aliphatic heterocycles. The van der Waals surface area contributed by atoms with Gasteiger partial charge in [0.05, 0.1) is 6.54 Å². The Kier molecular flexibility index (Phi) is 6.60. The Labute approximate surface area is 150 Å². The summed E-state index contributed by atoms with van der Waals surface area (Å²) in [6.45, 7) is 8.53. The van der Waals surface area contributed by atoms with Crippen LogP contribution in [0.1, 0.15) is 49.3 Å². The number of carbonyl (C=O) groups excluding carboxylic acids is 1. The molecule has 0 aromatic heterocycles. The third-order valence-electron chi connectivity index (χ3n) is 4.78. The molecule has 0 spiro atoms. The second-order valence-electron chi connectivity index (χ2n) is 7.02. The second kappa shape index (κ2) is 8.47. The monoisotopic (exact) mass is 347 g/mol. The van der Waals surface area contributed by atoms with E-state index in [0.29, 0.717) is 17.1 Å². The first-order valence-electron chi connectivity index (χ1n) is 8.79. The normalized spacial score (nSPS) is 20.3. The van der Waals surface area contributed by atoms with Gasteiger partial charge in [0.1, 0.15) is 0 Å². The van der Waals surface area contributed by atoms with Gasteiger partial charge < -0.3 is 16.0 Å². The van der Waals surface area contributed by atoms with Gasteiger partial charge >= 0.3 is 0 Å². The smallest absolute Gasteiger partial charge is 0.243 e. The molecule has 2 atom stereocenters. The highest BCUT2D eigenvalue weighted by Crippen LogP contribution is 2.23. The Morgan fingerprint density at radius 1 is 1.17 bits per heavy atom. The van der Waals surface area contributed by atoms with E-state index in [2.05, 4.69) is 41.9 Å². The number of hydrogen-bond acceptors (Lipinski definition) is 2. The minimum atomic E-state index is -0.0779. The van der Waals surface area contributed by atoms with E-state index in [-0.39, 0.29) is 12.5 Å². The zero-order valence-corrected chi connectivity index (χ0v) is 16.0. The summed E-state index contributed by atoms with van der Waals surface area (Å²) in [5.41, 5.74) is 4.26. The van der Waals surface area contributed by atoms with Crippen molar-refractivity contribution >= 4 is 28.9 Å². The fourth-order valence-electron chi connectivity index (χ4n) is 3.47. The first-order valence-corrected chi connectivity index (χ1v) is 9.19. The Morgan fingerprint density at radius 3 is 2.42 bits per heavy atom. The molecular weight excluding hydrogens is 318 g/mol. The molecule has 24 heavy (non-hydrogen) atoms. The summed E-state index contributed by atoms with van der Waals surface area (Å²) in [5.74, 6) is 0.552. The SMILES string of the molecule is Cc1cc(C)c(NC(=O)CNC(=S)N[C@@H]2CCCC[C@H]2C)c(C)c1. The number of hydrogen-bond donors (Lipinski definition) is 3. The van der Waals surface area contributed by atoms with Crippen LogP contribution in [0.2, 0.25) is 0 Å². The van der Waals surface area contributed by atoms with Gasteiger partial charge in [-0.3, -0.25) is 4.79 Å². The van der Waals surface area contributed by atoms with Gasteiger partial charge in [0, 0.05) is 11.7 Å². The van der Waals surface area contributed by atoms with Crippen LogP contribution in [-0.2, 0) is 4.79 Å². The maximum Gasteiger partial charge on any atom is 0.243 e. The van der Waals surface area contributed by atoms with Gasteiger partial charge in [-0.15, -0.1) is 0 Å².